The van der Waals surface area contributed by atoms with Gasteiger partial charge in [-0.2, -0.15) is 5.10 Å². The second kappa shape index (κ2) is 6.76. The van der Waals surface area contributed by atoms with E-state index in [0.29, 0.717) is 6.61 Å². The van der Waals surface area contributed by atoms with Gasteiger partial charge in [-0.1, -0.05) is 6.07 Å². The van der Waals surface area contributed by atoms with Crippen LogP contribution in [-0.4, -0.2) is 22.3 Å². The van der Waals surface area contributed by atoms with Crippen LogP contribution in [0, 0.1) is 0 Å². The van der Waals surface area contributed by atoms with E-state index in [1.807, 2.05) is 36.0 Å². The Morgan fingerprint density at radius 2 is 2.16 bits per heavy atom. The van der Waals surface area contributed by atoms with Crippen LogP contribution in [0.5, 0.6) is 11.5 Å². The molecule has 1 atom stereocenters. The summed E-state index contributed by atoms with van der Waals surface area (Å²) >= 11 is 0. The van der Waals surface area contributed by atoms with E-state index < -0.39 is 0 Å². The molecule has 0 aliphatic carbocycles. The predicted octanol–water partition coefficient (Wildman–Crippen LogP) is 3.35. The van der Waals surface area contributed by atoms with Crippen molar-refractivity contribution in [2.24, 2.45) is 0 Å². The van der Waals surface area contributed by atoms with E-state index in [1.165, 1.54) is 11.1 Å². The third-order valence-electron chi connectivity index (χ3n) is 4.49. The Hall–Kier alpha value is -2.53. The maximum absolute atomic E-state index is 6.02. The molecule has 4 rings (SSSR count). The molecule has 5 nitrogen and oxygen atoms in total. The molecule has 0 spiro atoms. The van der Waals surface area contributed by atoms with Crippen molar-refractivity contribution in [1.29, 1.82) is 0 Å². The molecule has 1 aliphatic heterocycles. The quantitative estimate of drug-likeness (QED) is 0.749. The highest BCUT2D eigenvalue weighted by Gasteiger charge is 2.23. The summed E-state index contributed by atoms with van der Waals surface area (Å²) in [5.41, 5.74) is 4.72. The number of nitrogens with zero attached hydrogens (tertiary/aromatic N) is 2. The van der Waals surface area contributed by atoms with E-state index in [-0.39, 0.29) is 6.10 Å². The lowest BCUT2D eigenvalue weighted by Gasteiger charge is -2.13. The van der Waals surface area contributed by atoms with E-state index >= 15 is 0 Å². The number of aromatic nitrogens is 2. The molecule has 0 amide bonds. The minimum absolute atomic E-state index is 0.227. The second-order valence-corrected chi connectivity index (χ2v) is 6.44. The van der Waals surface area contributed by atoms with Crippen molar-refractivity contribution in [3.63, 3.8) is 0 Å². The van der Waals surface area contributed by atoms with Crippen LogP contribution in [0.2, 0.25) is 0 Å². The molecule has 1 aromatic carbocycles. The molecule has 2 aromatic heterocycles. The van der Waals surface area contributed by atoms with Crippen molar-refractivity contribution >= 4 is 5.52 Å². The lowest BCUT2D eigenvalue weighted by atomic mass is 10.1. The van der Waals surface area contributed by atoms with Crippen LogP contribution < -0.4 is 14.8 Å². The number of ether oxygens (including phenoxy) is 2. The zero-order valence-corrected chi connectivity index (χ0v) is 14.7. The molecule has 1 N–H and O–H groups in total. The average Bonchev–Trinajstić information content (AvgIpc) is 3.18. The van der Waals surface area contributed by atoms with Crippen molar-refractivity contribution in [3.8, 4) is 11.5 Å². The van der Waals surface area contributed by atoms with Gasteiger partial charge in [0.1, 0.15) is 17.6 Å². The van der Waals surface area contributed by atoms with Crippen LogP contribution >= 0.6 is 0 Å². The zero-order valence-electron chi connectivity index (χ0n) is 14.7. The van der Waals surface area contributed by atoms with E-state index in [4.69, 9.17) is 9.47 Å². The van der Waals surface area contributed by atoms with Gasteiger partial charge in [0.15, 0.2) is 0 Å². The Morgan fingerprint density at radius 1 is 1.28 bits per heavy atom. The van der Waals surface area contributed by atoms with Crippen LogP contribution in [0.15, 0.2) is 42.7 Å². The monoisotopic (exact) mass is 337 g/mol. The first-order valence-corrected chi connectivity index (χ1v) is 8.82. The lowest BCUT2D eigenvalue weighted by molar-refractivity contribution is 0.252. The Morgan fingerprint density at radius 3 is 3.04 bits per heavy atom. The van der Waals surface area contributed by atoms with E-state index in [1.54, 1.807) is 0 Å². The highest BCUT2D eigenvalue weighted by molar-refractivity contribution is 5.53. The first-order chi connectivity index (χ1) is 12.2. The molecule has 0 saturated heterocycles. The van der Waals surface area contributed by atoms with Crippen molar-refractivity contribution in [2.45, 2.75) is 39.5 Å². The topological polar surface area (TPSA) is 47.8 Å². The van der Waals surface area contributed by atoms with Gasteiger partial charge in [0.05, 0.1) is 18.3 Å². The standard InChI is InChI=1S/C20H23N3O2/c1-3-24-18-9-15-8-14(2)25-20(15)16(10-18)11-21-12-17-13-22-23-7-5-4-6-19(17)23/h4-7,9-10,13-14,21H,3,8,11-12H2,1-2H3. The van der Waals surface area contributed by atoms with Gasteiger partial charge >= 0.3 is 0 Å². The third kappa shape index (κ3) is 3.20. The molecule has 25 heavy (non-hydrogen) atoms. The van der Waals surface area contributed by atoms with Gasteiger partial charge in [-0.05, 0) is 38.1 Å². The normalized spacial score (nSPS) is 16.0. The first-order valence-electron chi connectivity index (χ1n) is 8.82. The van der Waals surface area contributed by atoms with Crippen LogP contribution in [-0.2, 0) is 19.5 Å². The fraction of sp³-hybridized carbons (Fsp3) is 0.350. The summed E-state index contributed by atoms with van der Waals surface area (Å²) < 4.78 is 13.6. The Labute approximate surface area is 147 Å². The van der Waals surface area contributed by atoms with Gasteiger partial charge < -0.3 is 14.8 Å². The molecule has 1 unspecified atom stereocenters. The SMILES string of the molecule is CCOc1cc(CNCc2cnn3ccccc23)c2c(c1)CC(C)O2. The van der Waals surface area contributed by atoms with Crippen LogP contribution in [0.4, 0.5) is 0 Å². The fourth-order valence-corrected chi connectivity index (χ4v) is 3.41. The molecule has 3 aromatic rings. The summed E-state index contributed by atoms with van der Waals surface area (Å²) in [4.78, 5) is 0. The van der Waals surface area contributed by atoms with Gasteiger partial charge in [0.2, 0.25) is 0 Å². The number of hydrogen-bond donors (Lipinski definition) is 1. The Kier molecular flexibility index (Phi) is 4.32. The number of pyridine rings is 1. The highest BCUT2D eigenvalue weighted by Crippen LogP contribution is 2.36. The largest absolute Gasteiger partial charge is 0.494 e. The summed E-state index contributed by atoms with van der Waals surface area (Å²) in [6.07, 6.45) is 5.05. The Balaban J connectivity index is 1.51. The summed E-state index contributed by atoms with van der Waals surface area (Å²) in [5.74, 6) is 1.94. The van der Waals surface area contributed by atoms with Crippen molar-refractivity contribution < 1.29 is 9.47 Å². The third-order valence-corrected chi connectivity index (χ3v) is 4.49. The van der Waals surface area contributed by atoms with E-state index in [2.05, 4.69) is 35.5 Å². The maximum atomic E-state index is 6.02. The lowest BCUT2D eigenvalue weighted by Crippen LogP contribution is -2.14. The smallest absolute Gasteiger partial charge is 0.127 e. The summed E-state index contributed by atoms with van der Waals surface area (Å²) in [5, 5.41) is 7.90. The zero-order chi connectivity index (χ0) is 17.2. The molecule has 0 bridgehead atoms. The van der Waals surface area contributed by atoms with Gasteiger partial charge in [0.25, 0.3) is 0 Å². The number of rotatable bonds is 6. The summed E-state index contributed by atoms with van der Waals surface area (Å²) in [6.45, 7) is 6.29. The van der Waals surface area contributed by atoms with E-state index in [0.717, 1.165) is 42.1 Å². The molecule has 0 radical (unpaired) electrons. The van der Waals surface area contributed by atoms with Gasteiger partial charge in [-0.15, -0.1) is 0 Å². The molecule has 130 valence electrons. The van der Waals surface area contributed by atoms with Crippen LogP contribution in [0.1, 0.15) is 30.5 Å². The molecular formula is C20H23N3O2. The van der Waals surface area contributed by atoms with Gasteiger partial charge in [0, 0.05) is 42.4 Å². The van der Waals surface area contributed by atoms with Crippen molar-refractivity contribution in [2.75, 3.05) is 6.61 Å². The molecule has 0 saturated carbocycles. The van der Waals surface area contributed by atoms with E-state index in [9.17, 15) is 0 Å². The number of nitrogens with one attached hydrogen (secondary N) is 1. The molecule has 1 aliphatic rings. The summed E-state index contributed by atoms with van der Waals surface area (Å²) in [6, 6.07) is 10.3. The number of fused-ring (bicyclic) bond motifs is 2. The maximum Gasteiger partial charge on any atom is 0.127 e. The predicted molar refractivity (Wildman–Crippen MR) is 97.1 cm³/mol. The molecule has 5 heteroatoms. The van der Waals surface area contributed by atoms with Crippen molar-refractivity contribution in [1.82, 2.24) is 14.9 Å². The minimum Gasteiger partial charge on any atom is -0.494 e. The van der Waals surface area contributed by atoms with Gasteiger partial charge in [-0.25, -0.2) is 4.52 Å². The van der Waals surface area contributed by atoms with Crippen LogP contribution in [0.3, 0.4) is 0 Å². The minimum atomic E-state index is 0.227. The fourth-order valence-electron chi connectivity index (χ4n) is 3.41. The number of hydrogen-bond acceptors (Lipinski definition) is 4. The first kappa shape index (κ1) is 16.0. The Bertz CT molecular complexity index is 888. The van der Waals surface area contributed by atoms with Crippen LogP contribution in [0.25, 0.3) is 5.52 Å². The molecule has 3 heterocycles. The average molecular weight is 337 g/mol. The second-order valence-electron chi connectivity index (χ2n) is 6.44. The molecular weight excluding hydrogens is 314 g/mol. The number of benzene rings is 1. The summed E-state index contributed by atoms with van der Waals surface area (Å²) in [7, 11) is 0. The highest BCUT2D eigenvalue weighted by atomic mass is 16.5. The van der Waals surface area contributed by atoms with Crippen molar-refractivity contribution in [3.05, 3.63) is 59.4 Å². The molecule has 0 fully saturated rings. The van der Waals surface area contributed by atoms with Gasteiger partial charge in [-0.3, -0.25) is 0 Å².